The molecule has 0 radical (unpaired) electrons. The first kappa shape index (κ1) is 31.6. The van der Waals surface area contributed by atoms with E-state index in [4.69, 9.17) is 4.74 Å². The van der Waals surface area contributed by atoms with E-state index in [2.05, 4.69) is 5.32 Å². The third-order valence-electron chi connectivity index (χ3n) is 6.71. The quantitative estimate of drug-likeness (QED) is 0.308. The van der Waals surface area contributed by atoms with Gasteiger partial charge in [-0.3, -0.25) is 13.9 Å². The van der Waals surface area contributed by atoms with Gasteiger partial charge in [0.1, 0.15) is 24.2 Å². The number of carbonyl (C=O) groups is 2. The number of nitrogens with zero attached hydrogens (tertiary/aromatic N) is 2. The van der Waals surface area contributed by atoms with Crippen LogP contribution >= 0.6 is 0 Å². The van der Waals surface area contributed by atoms with Crippen LogP contribution in [0.5, 0.6) is 5.75 Å². The number of ether oxygens (including phenoxy) is 1. The lowest BCUT2D eigenvalue weighted by molar-refractivity contribution is -0.140. The zero-order chi connectivity index (χ0) is 30.2. The van der Waals surface area contributed by atoms with Gasteiger partial charge in [-0.1, -0.05) is 45.0 Å². The molecular formula is C31H38FN3O5S. The van der Waals surface area contributed by atoms with Gasteiger partial charge < -0.3 is 15.0 Å². The lowest BCUT2D eigenvalue weighted by atomic mass is 10.1. The highest BCUT2D eigenvalue weighted by atomic mass is 32.2. The Hall–Kier alpha value is -3.92. The third-order valence-corrected chi connectivity index (χ3v) is 8.50. The van der Waals surface area contributed by atoms with Crippen molar-refractivity contribution in [3.8, 4) is 5.75 Å². The zero-order valence-corrected chi connectivity index (χ0v) is 24.9. The van der Waals surface area contributed by atoms with Gasteiger partial charge in [0.25, 0.3) is 10.0 Å². The fraction of sp³-hybridized carbons (Fsp3) is 0.355. The molecule has 3 aromatic rings. The van der Waals surface area contributed by atoms with E-state index < -0.39 is 34.3 Å². The van der Waals surface area contributed by atoms with Gasteiger partial charge in [0.15, 0.2) is 0 Å². The SMILES string of the molecule is CC[C@@H](C(=O)NCC(C)C)N(Cc1ccccc1C)C(=O)CN(c1ccc(F)cc1)S(=O)(=O)c1ccc(OC)cc1. The summed E-state index contributed by atoms with van der Waals surface area (Å²) in [6.07, 6.45) is 0.323. The molecule has 0 spiro atoms. The second-order valence-corrected chi connectivity index (χ2v) is 12.0. The van der Waals surface area contributed by atoms with E-state index in [1.165, 1.54) is 48.4 Å². The van der Waals surface area contributed by atoms with Crippen molar-refractivity contribution in [2.45, 2.75) is 51.6 Å². The second kappa shape index (κ2) is 14.1. The van der Waals surface area contributed by atoms with Crippen LogP contribution in [-0.2, 0) is 26.2 Å². The molecule has 0 aromatic heterocycles. The number of anilines is 1. The topological polar surface area (TPSA) is 96.0 Å². The number of amides is 2. The molecule has 0 fully saturated rings. The van der Waals surface area contributed by atoms with E-state index >= 15 is 0 Å². The highest BCUT2D eigenvalue weighted by molar-refractivity contribution is 7.92. The zero-order valence-electron chi connectivity index (χ0n) is 24.1. The summed E-state index contributed by atoms with van der Waals surface area (Å²) < 4.78 is 47.6. The first-order chi connectivity index (χ1) is 19.5. The minimum absolute atomic E-state index is 0.0670. The number of nitrogens with one attached hydrogen (secondary N) is 1. The fourth-order valence-corrected chi connectivity index (χ4v) is 5.74. The normalized spacial score (nSPS) is 12.1. The molecule has 0 heterocycles. The van der Waals surface area contributed by atoms with Crippen LogP contribution in [0.2, 0.25) is 0 Å². The van der Waals surface area contributed by atoms with Crippen molar-refractivity contribution < 1.29 is 27.1 Å². The molecule has 10 heteroatoms. The Morgan fingerprint density at radius 3 is 2.17 bits per heavy atom. The molecule has 220 valence electrons. The number of halogens is 1. The van der Waals surface area contributed by atoms with Gasteiger partial charge in [-0.05, 0) is 78.9 Å². The maximum atomic E-state index is 14.1. The van der Waals surface area contributed by atoms with Crippen LogP contribution in [-0.4, -0.2) is 51.4 Å². The number of benzene rings is 3. The number of carbonyl (C=O) groups excluding carboxylic acids is 2. The average Bonchev–Trinajstić information content (AvgIpc) is 2.96. The maximum Gasteiger partial charge on any atom is 0.264 e. The second-order valence-electron chi connectivity index (χ2n) is 10.2. The molecule has 1 N–H and O–H groups in total. The smallest absolute Gasteiger partial charge is 0.264 e. The van der Waals surface area contributed by atoms with Crippen LogP contribution in [0, 0.1) is 18.7 Å². The lowest BCUT2D eigenvalue weighted by Gasteiger charge is -2.33. The Labute approximate surface area is 242 Å². The molecule has 1 atom stereocenters. The van der Waals surface area contributed by atoms with Crippen molar-refractivity contribution in [3.63, 3.8) is 0 Å². The van der Waals surface area contributed by atoms with Crippen LogP contribution in [0.3, 0.4) is 0 Å². The monoisotopic (exact) mass is 583 g/mol. The van der Waals surface area contributed by atoms with Gasteiger partial charge in [-0.15, -0.1) is 0 Å². The highest BCUT2D eigenvalue weighted by Crippen LogP contribution is 2.26. The minimum atomic E-state index is -4.27. The molecule has 8 nitrogen and oxygen atoms in total. The molecule has 0 aliphatic carbocycles. The first-order valence-corrected chi connectivity index (χ1v) is 15.0. The Morgan fingerprint density at radius 1 is 0.976 bits per heavy atom. The van der Waals surface area contributed by atoms with Crippen molar-refractivity contribution in [3.05, 3.63) is 89.7 Å². The summed E-state index contributed by atoms with van der Waals surface area (Å²) in [4.78, 5) is 28.7. The number of hydrogen-bond acceptors (Lipinski definition) is 5. The molecule has 0 saturated heterocycles. The number of rotatable bonds is 13. The molecule has 0 aliphatic rings. The van der Waals surface area contributed by atoms with E-state index in [1.54, 1.807) is 0 Å². The Balaban J connectivity index is 2.05. The molecule has 0 unspecified atom stereocenters. The lowest BCUT2D eigenvalue weighted by Crippen LogP contribution is -2.52. The Kier molecular flexibility index (Phi) is 10.9. The molecule has 0 saturated carbocycles. The fourth-order valence-electron chi connectivity index (χ4n) is 4.32. The van der Waals surface area contributed by atoms with Crippen LogP contribution in [0.4, 0.5) is 10.1 Å². The van der Waals surface area contributed by atoms with E-state index in [0.29, 0.717) is 18.7 Å². The summed E-state index contributed by atoms with van der Waals surface area (Å²) in [5.74, 6) is -0.747. The van der Waals surface area contributed by atoms with Crippen LogP contribution < -0.4 is 14.4 Å². The van der Waals surface area contributed by atoms with Gasteiger partial charge in [-0.2, -0.15) is 0 Å². The molecule has 2 amide bonds. The van der Waals surface area contributed by atoms with Crippen molar-refractivity contribution in [1.82, 2.24) is 10.2 Å². The predicted octanol–water partition coefficient (Wildman–Crippen LogP) is 4.92. The van der Waals surface area contributed by atoms with Gasteiger partial charge in [0, 0.05) is 13.1 Å². The molecule has 3 aromatic carbocycles. The maximum absolute atomic E-state index is 14.1. The average molecular weight is 584 g/mol. The van der Waals surface area contributed by atoms with E-state index in [1.807, 2.05) is 52.0 Å². The standard InChI is InChI=1S/C31H38FN3O5S/c1-6-29(31(37)33-19-22(2)3)34(20-24-10-8-7-9-23(24)4)30(36)21-35(26-13-11-25(32)12-14-26)41(38,39)28-17-15-27(40-5)16-18-28/h7-18,22,29H,6,19-21H2,1-5H3,(H,33,37)/t29-/m0/s1. The van der Waals surface area contributed by atoms with E-state index in [-0.39, 0.29) is 29.0 Å². The molecule has 41 heavy (non-hydrogen) atoms. The number of aryl methyl sites for hydroxylation is 1. The summed E-state index contributed by atoms with van der Waals surface area (Å²) in [5.41, 5.74) is 1.88. The molecule has 0 aliphatic heterocycles. The van der Waals surface area contributed by atoms with Crippen molar-refractivity contribution in [2.75, 3.05) is 24.5 Å². The summed E-state index contributed by atoms with van der Waals surface area (Å²) in [5, 5.41) is 2.91. The van der Waals surface area contributed by atoms with E-state index in [0.717, 1.165) is 27.6 Å². The van der Waals surface area contributed by atoms with Crippen molar-refractivity contribution in [2.24, 2.45) is 5.92 Å². The number of hydrogen-bond donors (Lipinski definition) is 1. The van der Waals surface area contributed by atoms with Crippen molar-refractivity contribution >= 4 is 27.5 Å². The van der Waals surface area contributed by atoms with E-state index in [9.17, 15) is 22.4 Å². The summed E-state index contributed by atoms with van der Waals surface area (Å²) in [6.45, 7) is 7.62. The van der Waals surface area contributed by atoms with Crippen LogP contribution in [0.15, 0.2) is 77.7 Å². The van der Waals surface area contributed by atoms with Crippen LogP contribution in [0.25, 0.3) is 0 Å². The largest absolute Gasteiger partial charge is 0.497 e. The molecule has 3 rings (SSSR count). The van der Waals surface area contributed by atoms with Gasteiger partial charge >= 0.3 is 0 Å². The Morgan fingerprint density at radius 2 is 1.61 bits per heavy atom. The first-order valence-electron chi connectivity index (χ1n) is 13.5. The molecule has 0 bridgehead atoms. The summed E-state index contributed by atoms with van der Waals surface area (Å²) in [7, 11) is -2.80. The molecular weight excluding hydrogens is 545 g/mol. The van der Waals surface area contributed by atoms with Crippen molar-refractivity contribution in [1.29, 1.82) is 0 Å². The number of methoxy groups -OCH3 is 1. The highest BCUT2D eigenvalue weighted by Gasteiger charge is 2.34. The predicted molar refractivity (Wildman–Crippen MR) is 158 cm³/mol. The van der Waals surface area contributed by atoms with Gasteiger partial charge in [0.2, 0.25) is 11.8 Å². The Bertz CT molecular complexity index is 1430. The summed E-state index contributed by atoms with van der Waals surface area (Å²) >= 11 is 0. The number of sulfonamides is 1. The minimum Gasteiger partial charge on any atom is -0.497 e. The van der Waals surface area contributed by atoms with Gasteiger partial charge in [0.05, 0.1) is 17.7 Å². The summed E-state index contributed by atoms with van der Waals surface area (Å²) in [6, 6.07) is 17.4. The van der Waals surface area contributed by atoms with Gasteiger partial charge in [-0.25, -0.2) is 12.8 Å². The van der Waals surface area contributed by atoms with Crippen LogP contribution in [0.1, 0.15) is 38.3 Å². The third kappa shape index (κ3) is 8.07.